The van der Waals surface area contributed by atoms with E-state index in [1.807, 2.05) is 0 Å². The standard InChI is InChI=1S/C19H28N4O8S/c1-9(25)15(23-17(28)14(7-24)22-16(27)12(20)8-32)18(29)21-13(19(30)31)6-10-2-4-11(26)5-3-10/h2-5,9,12-15,24-26,32H,6-8,20H2,1H3,(H,21,29)(H,22,27)(H,23,28)(H,30,31). The van der Waals surface area contributed by atoms with Crippen molar-refractivity contribution in [1.29, 1.82) is 0 Å². The summed E-state index contributed by atoms with van der Waals surface area (Å²) in [5, 5.41) is 44.7. The third kappa shape index (κ3) is 8.34. The molecular weight excluding hydrogens is 444 g/mol. The molecule has 1 aromatic rings. The number of phenols is 1. The lowest BCUT2D eigenvalue weighted by molar-refractivity contribution is -0.143. The summed E-state index contributed by atoms with van der Waals surface area (Å²) < 4.78 is 0. The second-order valence-electron chi connectivity index (χ2n) is 7.03. The number of amides is 3. The molecular formula is C19H28N4O8S. The van der Waals surface area contributed by atoms with Crippen LogP contribution in [0.1, 0.15) is 12.5 Å². The van der Waals surface area contributed by atoms with Crippen molar-refractivity contribution >= 4 is 36.3 Å². The number of aliphatic carboxylic acids is 1. The fourth-order valence-electron chi connectivity index (χ4n) is 2.54. The Morgan fingerprint density at radius 1 is 1.00 bits per heavy atom. The molecule has 0 spiro atoms. The Morgan fingerprint density at radius 3 is 2.03 bits per heavy atom. The maximum atomic E-state index is 12.6. The summed E-state index contributed by atoms with van der Waals surface area (Å²) in [5.74, 6) is -4.12. The Bertz CT molecular complexity index is 805. The topological polar surface area (TPSA) is 211 Å². The lowest BCUT2D eigenvalue weighted by atomic mass is 10.0. The molecule has 0 heterocycles. The molecule has 1 aromatic carbocycles. The second-order valence-corrected chi connectivity index (χ2v) is 7.39. The van der Waals surface area contributed by atoms with Crippen LogP contribution in [0.4, 0.5) is 0 Å². The highest BCUT2D eigenvalue weighted by Crippen LogP contribution is 2.11. The van der Waals surface area contributed by atoms with Crippen LogP contribution in [0.5, 0.6) is 5.75 Å². The quantitative estimate of drug-likeness (QED) is 0.143. The van der Waals surface area contributed by atoms with E-state index in [0.29, 0.717) is 5.56 Å². The molecule has 0 fully saturated rings. The van der Waals surface area contributed by atoms with Crippen molar-refractivity contribution in [2.24, 2.45) is 5.73 Å². The van der Waals surface area contributed by atoms with Gasteiger partial charge >= 0.3 is 5.97 Å². The Balaban J connectivity index is 2.88. The smallest absolute Gasteiger partial charge is 0.326 e. The van der Waals surface area contributed by atoms with E-state index < -0.39 is 60.6 Å². The minimum Gasteiger partial charge on any atom is -0.508 e. The summed E-state index contributed by atoms with van der Waals surface area (Å²) in [4.78, 5) is 48.4. The van der Waals surface area contributed by atoms with Crippen molar-refractivity contribution in [2.75, 3.05) is 12.4 Å². The number of aliphatic hydroxyl groups is 2. The number of benzene rings is 1. The molecule has 5 atom stereocenters. The molecule has 0 aliphatic carbocycles. The van der Waals surface area contributed by atoms with Gasteiger partial charge in [0.2, 0.25) is 17.7 Å². The Labute approximate surface area is 189 Å². The number of carboxylic acid groups (broad SMARTS) is 1. The molecule has 3 amide bonds. The van der Waals surface area contributed by atoms with Gasteiger partial charge in [-0.05, 0) is 24.6 Å². The fourth-order valence-corrected chi connectivity index (χ4v) is 2.71. The zero-order chi connectivity index (χ0) is 24.4. The van der Waals surface area contributed by atoms with Crippen molar-refractivity contribution in [1.82, 2.24) is 16.0 Å². The second kappa shape index (κ2) is 12.9. The van der Waals surface area contributed by atoms with Crippen LogP contribution in [-0.2, 0) is 25.6 Å². The number of hydrogen-bond donors (Lipinski definition) is 9. The highest BCUT2D eigenvalue weighted by molar-refractivity contribution is 7.80. The zero-order valence-electron chi connectivity index (χ0n) is 17.3. The van der Waals surface area contributed by atoms with Gasteiger partial charge in [0.25, 0.3) is 0 Å². The van der Waals surface area contributed by atoms with E-state index >= 15 is 0 Å². The van der Waals surface area contributed by atoms with E-state index in [1.165, 1.54) is 31.2 Å². The number of nitrogens with two attached hydrogens (primary N) is 1. The molecule has 0 radical (unpaired) electrons. The average molecular weight is 473 g/mol. The molecule has 178 valence electrons. The summed E-state index contributed by atoms with van der Waals surface area (Å²) in [6, 6.07) is 0.211. The molecule has 0 aliphatic heterocycles. The normalized spacial score (nSPS) is 15.5. The van der Waals surface area contributed by atoms with E-state index in [4.69, 9.17) is 5.73 Å². The third-order valence-electron chi connectivity index (χ3n) is 4.40. The van der Waals surface area contributed by atoms with Gasteiger partial charge in [-0.1, -0.05) is 12.1 Å². The Hall–Kier alpha value is -2.87. The largest absolute Gasteiger partial charge is 0.508 e. The van der Waals surface area contributed by atoms with E-state index in [0.717, 1.165) is 0 Å². The molecule has 5 unspecified atom stereocenters. The first-order valence-corrected chi connectivity index (χ1v) is 10.2. The van der Waals surface area contributed by atoms with Gasteiger partial charge in [0.05, 0.1) is 18.8 Å². The first kappa shape index (κ1) is 27.2. The van der Waals surface area contributed by atoms with Gasteiger partial charge in [-0.15, -0.1) is 0 Å². The van der Waals surface area contributed by atoms with Gasteiger partial charge in [0.15, 0.2) is 0 Å². The van der Waals surface area contributed by atoms with Gasteiger partial charge in [-0.3, -0.25) is 14.4 Å². The summed E-state index contributed by atoms with van der Waals surface area (Å²) in [7, 11) is 0. The summed E-state index contributed by atoms with van der Waals surface area (Å²) in [5.41, 5.74) is 6.01. The van der Waals surface area contributed by atoms with Gasteiger partial charge in [0.1, 0.15) is 23.9 Å². The molecule has 0 bridgehead atoms. The molecule has 0 aromatic heterocycles. The number of nitrogens with one attached hydrogen (secondary N) is 3. The predicted molar refractivity (Wildman–Crippen MR) is 116 cm³/mol. The minimum absolute atomic E-state index is 0.0117. The van der Waals surface area contributed by atoms with E-state index in [-0.39, 0.29) is 17.9 Å². The molecule has 13 heteroatoms. The van der Waals surface area contributed by atoms with Crippen molar-refractivity contribution < 1.29 is 39.6 Å². The van der Waals surface area contributed by atoms with Crippen molar-refractivity contribution in [3.05, 3.63) is 29.8 Å². The van der Waals surface area contributed by atoms with Gasteiger partial charge in [-0.2, -0.15) is 12.6 Å². The van der Waals surface area contributed by atoms with Crippen LogP contribution in [0.2, 0.25) is 0 Å². The zero-order valence-corrected chi connectivity index (χ0v) is 18.2. The van der Waals surface area contributed by atoms with Crippen LogP contribution in [0, 0.1) is 0 Å². The number of aliphatic hydroxyl groups excluding tert-OH is 2. The number of aromatic hydroxyl groups is 1. The molecule has 9 N–H and O–H groups in total. The number of phenolic OH excluding ortho intramolecular Hbond substituents is 1. The number of carboxylic acids is 1. The lowest BCUT2D eigenvalue weighted by Gasteiger charge is -2.25. The van der Waals surface area contributed by atoms with Crippen LogP contribution < -0.4 is 21.7 Å². The highest BCUT2D eigenvalue weighted by atomic mass is 32.1. The maximum absolute atomic E-state index is 12.6. The van der Waals surface area contributed by atoms with Gasteiger partial charge in [0, 0.05) is 12.2 Å². The van der Waals surface area contributed by atoms with Crippen molar-refractivity contribution in [3.8, 4) is 5.75 Å². The van der Waals surface area contributed by atoms with E-state index in [1.54, 1.807) is 0 Å². The van der Waals surface area contributed by atoms with Gasteiger partial charge < -0.3 is 42.1 Å². The third-order valence-corrected chi connectivity index (χ3v) is 4.80. The molecule has 0 saturated carbocycles. The number of carbonyl (C=O) groups excluding carboxylic acids is 3. The molecule has 32 heavy (non-hydrogen) atoms. The Morgan fingerprint density at radius 2 is 1.56 bits per heavy atom. The number of rotatable bonds is 12. The minimum atomic E-state index is -1.58. The number of thiol groups is 1. The summed E-state index contributed by atoms with van der Waals surface area (Å²) >= 11 is 3.86. The SMILES string of the molecule is CC(O)C(NC(=O)C(CO)NC(=O)C(N)CS)C(=O)NC(Cc1ccc(O)cc1)C(=O)O. The molecule has 12 nitrogen and oxygen atoms in total. The highest BCUT2D eigenvalue weighted by Gasteiger charge is 2.32. The monoisotopic (exact) mass is 472 g/mol. The Kier molecular flexibility index (Phi) is 10.9. The van der Waals surface area contributed by atoms with Crippen molar-refractivity contribution in [2.45, 2.75) is 43.6 Å². The summed E-state index contributed by atoms with van der Waals surface area (Å²) in [6.07, 6.45) is -1.56. The first-order valence-electron chi connectivity index (χ1n) is 9.57. The molecule has 1 rings (SSSR count). The fraction of sp³-hybridized carbons (Fsp3) is 0.474. The average Bonchev–Trinajstić information content (AvgIpc) is 2.75. The van der Waals surface area contributed by atoms with Crippen LogP contribution in [-0.4, -0.2) is 86.7 Å². The van der Waals surface area contributed by atoms with E-state index in [2.05, 4.69) is 28.6 Å². The number of hydrogen-bond acceptors (Lipinski definition) is 9. The first-order chi connectivity index (χ1) is 15.0. The van der Waals surface area contributed by atoms with Gasteiger partial charge in [-0.25, -0.2) is 4.79 Å². The van der Waals surface area contributed by atoms with Crippen LogP contribution in [0.3, 0.4) is 0 Å². The predicted octanol–water partition coefficient (Wildman–Crippen LogP) is -2.90. The lowest BCUT2D eigenvalue weighted by Crippen LogP contribution is -2.60. The maximum Gasteiger partial charge on any atom is 0.326 e. The van der Waals surface area contributed by atoms with Crippen molar-refractivity contribution in [3.63, 3.8) is 0 Å². The molecule has 0 aliphatic rings. The number of carbonyl (C=O) groups is 4. The van der Waals surface area contributed by atoms with E-state index in [9.17, 15) is 39.6 Å². The van der Waals surface area contributed by atoms with Crippen LogP contribution in [0.25, 0.3) is 0 Å². The molecule has 0 saturated heterocycles. The van der Waals surface area contributed by atoms with Crippen LogP contribution >= 0.6 is 12.6 Å². The summed E-state index contributed by atoms with van der Waals surface area (Å²) in [6.45, 7) is 0.382. The van der Waals surface area contributed by atoms with Crippen LogP contribution in [0.15, 0.2) is 24.3 Å².